The Bertz CT molecular complexity index is 773. The molecule has 0 unspecified atom stereocenters. The highest BCUT2D eigenvalue weighted by molar-refractivity contribution is 7.91. The molecule has 0 aromatic heterocycles. The minimum absolute atomic E-state index is 0.183. The number of nitrogens with one attached hydrogen (secondary N) is 1. The molecule has 0 atom stereocenters. The van der Waals surface area contributed by atoms with Crippen LogP contribution in [0.1, 0.15) is 16.7 Å². The van der Waals surface area contributed by atoms with Gasteiger partial charge in [-0.2, -0.15) is 8.78 Å². The van der Waals surface area contributed by atoms with Crippen molar-refractivity contribution in [3.63, 3.8) is 0 Å². The minimum atomic E-state index is -4.62. The summed E-state index contributed by atoms with van der Waals surface area (Å²) in [4.78, 5) is -0.380. The Kier molecular flexibility index (Phi) is 4.81. The Morgan fingerprint density at radius 2 is 1.77 bits per heavy atom. The van der Waals surface area contributed by atoms with Gasteiger partial charge >= 0.3 is 5.76 Å². The number of benzene rings is 2. The zero-order valence-corrected chi connectivity index (χ0v) is 13.1. The van der Waals surface area contributed by atoms with Crippen molar-refractivity contribution in [3.05, 3.63) is 59.2 Å². The van der Waals surface area contributed by atoms with E-state index in [4.69, 9.17) is 0 Å². The number of hydrogen-bond donors (Lipinski definition) is 1. The van der Waals surface area contributed by atoms with Gasteiger partial charge in [0.25, 0.3) is 0 Å². The third-order valence-electron chi connectivity index (χ3n) is 3.40. The summed E-state index contributed by atoms with van der Waals surface area (Å²) in [6.45, 7) is 4.29. The van der Waals surface area contributed by atoms with Crippen LogP contribution in [0, 0.1) is 13.8 Å². The predicted molar refractivity (Wildman–Crippen MR) is 82.9 cm³/mol. The molecule has 3 nitrogen and oxygen atoms in total. The molecule has 118 valence electrons. The first-order chi connectivity index (χ1) is 10.3. The normalized spacial score (nSPS) is 11.7. The summed E-state index contributed by atoms with van der Waals surface area (Å²) in [5.74, 6) is -3.43. The van der Waals surface area contributed by atoms with Gasteiger partial charge in [-0.25, -0.2) is 8.42 Å². The van der Waals surface area contributed by atoms with Gasteiger partial charge in [-0.05, 0) is 37.1 Å². The van der Waals surface area contributed by atoms with Crippen molar-refractivity contribution in [3.8, 4) is 0 Å². The van der Waals surface area contributed by atoms with Gasteiger partial charge in [0.1, 0.15) is 0 Å². The number of hydrogen-bond acceptors (Lipinski definition) is 3. The summed E-state index contributed by atoms with van der Waals surface area (Å²) in [5.41, 5.74) is 3.35. The van der Waals surface area contributed by atoms with Crippen LogP contribution in [-0.2, 0) is 16.4 Å². The molecule has 2 aromatic rings. The third kappa shape index (κ3) is 3.44. The molecule has 0 heterocycles. The lowest BCUT2D eigenvalue weighted by molar-refractivity contribution is 0.235. The first kappa shape index (κ1) is 16.4. The zero-order valence-electron chi connectivity index (χ0n) is 12.3. The SMILES string of the molecule is Cc1ccc(CNc2ccccc2S(=O)(=O)C(F)F)c(C)c1. The second-order valence-electron chi connectivity index (χ2n) is 5.09. The zero-order chi connectivity index (χ0) is 16.3. The van der Waals surface area contributed by atoms with E-state index in [1.807, 2.05) is 32.0 Å². The third-order valence-corrected chi connectivity index (χ3v) is 4.83. The Morgan fingerprint density at radius 1 is 1.09 bits per heavy atom. The second-order valence-corrected chi connectivity index (χ2v) is 6.97. The second kappa shape index (κ2) is 6.44. The van der Waals surface area contributed by atoms with Crippen LogP contribution in [0.2, 0.25) is 0 Å². The van der Waals surface area contributed by atoms with E-state index in [1.165, 1.54) is 18.2 Å². The molecule has 0 fully saturated rings. The fourth-order valence-electron chi connectivity index (χ4n) is 2.19. The molecule has 0 aliphatic rings. The number of alkyl halides is 2. The van der Waals surface area contributed by atoms with E-state index >= 15 is 0 Å². The summed E-state index contributed by atoms with van der Waals surface area (Å²) in [6, 6.07) is 11.6. The topological polar surface area (TPSA) is 46.2 Å². The van der Waals surface area contributed by atoms with Gasteiger partial charge in [0.05, 0.1) is 10.6 Å². The molecule has 0 aliphatic carbocycles. The first-order valence-electron chi connectivity index (χ1n) is 6.73. The molecule has 0 aliphatic heterocycles. The highest BCUT2D eigenvalue weighted by Crippen LogP contribution is 2.26. The number of rotatable bonds is 5. The lowest BCUT2D eigenvalue weighted by Crippen LogP contribution is -2.14. The molecular formula is C16H17F2NO2S. The maximum atomic E-state index is 12.7. The summed E-state index contributed by atoms with van der Waals surface area (Å²) in [7, 11) is -4.62. The lowest BCUT2D eigenvalue weighted by Gasteiger charge is -2.13. The van der Waals surface area contributed by atoms with Crippen LogP contribution in [0.25, 0.3) is 0 Å². The van der Waals surface area contributed by atoms with Crippen LogP contribution in [0.5, 0.6) is 0 Å². The summed E-state index contributed by atoms with van der Waals surface area (Å²) < 4.78 is 48.8. The molecule has 0 amide bonds. The van der Waals surface area contributed by atoms with Crippen LogP contribution in [0.15, 0.2) is 47.4 Å². The van der Waals surface area contributed by atoms with Crippen molar-refractivity contribution in [1.82, 2.24) is 0 Å². The van der Waals surface area contributed by atoms with E-state index < -0.39 is 15.6 Å². The molecule has 1 N–H and O–H groups in total. The van der Waals surface area contributed by atoms with Gasteiger partial charge in [-0.1, -0.05) is 35.9 Å². The monoisotopic (exact) mass is 325 g/mol. The summed E-state index contributed by atoms with van der Waals surface area (Å²) in [6.07, 6.45) is 0. The standard InChI is InChI=1S/C16H17F2NO2S/c1-11-7-8-13(12(2)9-11)10-19-14-5-3-4-6-15(14)22(20,21)16(17)18/h3-9,16,19H,10H2,1-2H3. The number of halogens is 2. The maximum absolute atomic E-state index is 12.7. The van der Waals surface area contributed by atoms with E-state index in [0.717, 1.165) is 16.7 Å². The van der Waals surface area contributed by atoms with E-state index in [-0.39, 0.29) is 10.6 Å². The van der Waals surface area contributed by atoms with Crippen molar-refractivity contribution in [1.29, 1.82) is 0 Å². The largest absolute Gasteiger partial charge is 0.380 e. The van der Waals surface area contributed by atoms with Crippen LogP contribution in [-0.4, -0.2) is 14.2 Å². The lowest BCUT2D eigenvalue weighted by atomic mass is 10.1. The van der Waals surface area contributed by atoms with Crippen molar-refractivity contribution in [2.75, 3.05) is 5.32 Å². The average Bonchev–Trinajstić information content (AvgIpc) is 2.46. The van der Waals surface area contributed by atoms with Gasteiger partial charge in [-0.15, -0.1) is 0 Å². The van der Waals surface area contributed by atoms with Crippen LogP contribution >= 0.6 is 0 Å². The molecule has 6 heteroatoms. The fraction of sp³-hybridized carbons (Fsp3) is 0.250. The van der Waals surface area contributed by atoms with E-state index in [0.29, 0.717) is 6.54 Å². The minimum Gasteiger partial charge on any atom is -0.380 e. The van der Waals surface area contributed by atoms with Crippen molar-refractivity contribution >= 4 is 15.5 Å². The van der Waals surface area contributed by atoms with Crippen molar-refractivity contribution in [2.24, 2.45) is 0 Å². The smallest absolute Gasteiger partial charge is 0.341 e. The van der Waals surface area contributed by atoms with Gasteiger partial charge in [0.15, 0.2) is 0 Å². The molecule has 0 radical (unpaired) electrons. The molecule has 2 rings (SSSR count). The van der Waals surface area contributed by atoms with Crippen LogP contribution < -0.4 is 5.32 Å². The predicted octanol–water partition coefficient (Wildman–Crippen LogP) is 3.91. The average molecular weight is 325 g/mol. The van der Waals surface area contributed by atoms with Crippen LogP contribution in [0.4, 0.5) is 14.5 Å². The quantitative estimate of drug-likeness (QED) is 0.906. The van der Waals surface area contributed by atoms with Gasteiger partial charge in [0.2, 0.25) is 9.84 Å². The Balaban J connectivity index is 2.28. The highest BCUT2D eigenvalue weighted by atomic mass is 32.2. The number of sulfone groups is 1. The van der Waals surface area contributed by atoms with E-state index in [9.17, 15) is 17.2 Å². The van der Waals surface area contributed by atoms with Gasteiger partial charge in [-0.3, -0.25) is 0 Å². The Hall–Kier alpha value is -1.95. The number of para-hydroxylation sites is 1. The summed E-state index contributed by atoms with van der Waals surface area (Å²) >= 11 is 0. The van der Waals surface area contributed by atoms with Gasteiger partial charge < -0.3 is 5.32 Å². The molecular weight excluding hydrogens is 308 g/mol. The Morgan fingerprint density at radius 3 is 2.41 bits per heavy atom. The molecule has 0 saturated heterocycles. The van der Waals surface area contributed by atoms with Gasteiger partial charge in [0, 0.05) is 6.54 Å². The van der Waals surface area contributed by atoms with Crippen LogP contribution in [0.3, 0.4) is 0 Å². The number of aryl methyl sites for hydroxylation is 2. The first-order valence-corrected chi connectivity index (χ1v) is 8.28. The van der Waals surface area contributed by atoms with Crippen molar-refractivity contribution < 1.29 is 17.2 Å². The summed E-state index contributed by atoms with van der Waals surface area (Å²) in [5, 5.41) is 2.94. The molecule has 0 bridgehead atoms. The fourth-order valence-corrected chi connectivity index (χ4v) is 3.10. The molecule has 0 spiro atoms. The number of anilines is 1. The van der Waals surface area contributed by atoms with E-state index in [1.54, 1.807) is 6.07 Å². The molecule has 0 saturated carbocycles. The van der Waals surface area contributed by atoms with E-state index in [2.05, 4.69) is 5.32 Å². The molecule has 2 aromatic carbocycles. The molecule has 22 heavy (non-hydrogen) atoms. The van der Waals surface area contributed by atoms with Crippen molar-refractivity contribution in [2.45, 2.75) is 31.0 Å². The Labute approximate surface area is 128 Å². The highest BCUT2D eigenvalue weighted by Gasteiger charge is 2.28. The maximum Gasteiger partial charge on any atom is 0.341 e.